The molecular formula is C18H25N3O4. The van der Waals surface area contributed by atoms with E-state index in [0.29, 0.717) is 23.5 Å². The van der Waals surface area contributed by atoms with Crippen LogP contribution in [0.15, 0.2) is 18.2 Å². The molecule has 0 saturated carbocycles. The third-order valence-corrected chi connectivity index (χ3v) is 4.60. The number of anilines is 1. The lowest BCUT2D eigenvalue weighted by atomic mass is 10.1. The highest BCUT2D eigenvalue weighted by Gasteiger charge is 2.21. The molecule has 2 N–H and O–H groups in total. The SMILES string of the molecule is COc1ccc(C(=O)N2CCCC2)cc1NC(=O)NC[C@@H]1CCCO1. The number of hydrogen-bond acceptors (Lipinski definition) is 4. The maximum absolute atomic E-state index is 12.5. The summed E-state index contributed by atoms with van der Waals surface area (Å²) >= 11 is 0. The average Bonchev–Trinajstić information content (AvgIpc) is 3.33. The van der Waals surface area contributed by atoms with Crippen molar-refractivity contribution in [3.63, 3.8) is 0 Å². The Hall–Kier alpha value is -2.28. The van der Waals surface area contributed by atoms with E-state index in [1.165, 1.54) is 7.11 Å². The molecule has 0 aromatic heterocycles. The van der Waals surface area contributed by atoms with Gasteiger partial charge >= 0.3 is 6.03 Å². The van der Waals surface area contributed by atoms with Crippen molar-refractivity contribution in [1.82, 2.24) is 10.2 Å². The van der Waals surface area contributed by atoms with Crippen molar-refractivity contribution in [2.24, 2.45) is 0 Å². The van der Waals surface area contributed by atoms with Crippen LogP contribution in [0.3, 0.4) is 0 Å². The number of methoxy groups -OCH3 is 1. The molecule has 0 aliphatic carbocycles. The van der Waals surface area contributed by atoms with Crippen LogP contribution >= 0.6 is 0 Å². The molecule has 0 radical (unpaired) electrons. The zero-order valence-electron chi connectivity index (χ0n) is 14.5. The largest absolute Gasteiger partial charge is 0.495 e. The van der Waals surface area contributed by atoms with Crippen LogP contribution in [0.4, 0.5) is 10.5 Å². The van der Waals surface area contributed by atoms with Crippen molar-refractivity contribution in [3.8, 4) is 5.75 Å². The second-order valence-electron chi connectivity index (χ2n) is 6.38. The van der Waals surface area contributed by atoms with Gasteiger partial charge in [-0.2, -0.15) is 0 Å². The van der Waals surface area contributed by atoms with E-state index >= 15 is 0 Å². The molecule has 1 aromatic rings. The number of benzene rings is 1. The smallest absolute Gasteiger partial charge is 0.319 e. The molecule has 0 bridgehead atoms. The van der Waals surface area contributed by atoms with Crippen LogP contribution in [-0.2, 0) is 4.74 Å². The third-order valence-electron chi connectivity index (χ3n) is 4.60. The number of ether oxygens (including phenoxy) is 2. The fraction of sp³-hybridized carbons (Fsp3) is 0.556. The first-order valence-corrected chi connectivity index (χ1v) is 8.81. The fourth-order valence-electron chi connectivity index (χ4n) is 3.22. The van der Waals surface area contributed by atoms with Crippen molar-refractivity contribution in [1.29, 1.82) is 0 Å². The van der Waals surface area contributed by atoms with E-state index in [0.717, 1.165) is 45.4 Å². The van der Waals surface area contributed by atoms with E-state index in [1.54, 1.807) is 18.2 Å². The molecule has 3 amide bonds. The van der Waals surface area contributed by atoms with Gasteiger partial charge in [0.15, 0.2) is 0 Å². The summed E-state index contributed by atoms with van der Waals surface area (Å²) in [6.45, 7) is 2.80. The van der Waals surface area contributed by atoms with Gasteiger partial charge in [-0.3, -0.25) is 4.79 Å². The molecule has 0 unspecified atom stereocenters. The maximum Gasteiger partial charge on any atom is 0.319 e. The van der Waals surface area contributed by atoms with Gasteiger partial charge < -0.3 is 25.0 Å². The number of nitrogens with zero attached hydrogens (tertiary/aromatic N) is 1. The van der Waals surface area contributed by atoms with Crippen molar-refractivity contribution >= 4 is 17.6 Å². The molecular weight excluding hydrogens is 322 g/mol. The van der Waals surface area contributed by atoms with Crippen LogP contribution in [0.1, 0.15) is 36.0 Å². The first kappa shape index (κ1) is 17.5. The van der Waals surface area contributed by atoms with Gasteiger partial charge in [0.1, 0.15) is 5.75 Å². The van der Waals surface area contributed by atoms with E-state index in [-0.39, 0.29) is 18.0 Å². The number of carbonyl (C=O) groups excluding carboxylic acids is 2. The standard InChI is InChI=1S/C18H25N3O4/c1-24-16-7-6-13(17(22)21-8-2-3-9-21)11-15(16)20-18(23)19-12-14-5-4-10-25-14/h6-7,11,14H,2-5,8-10,12H2,1H3,(H2,19,20,23)/t14-/m0/s1. The summed E-state index contributed by atoms with van der Waals surface area (Å²) < 4.78 is 10.8. The number of carbonyl (C=O) groups is 2. The minimum absolute atomic E-state index is 0.0111. The van der Waals surface area contributed by atoms with E-state index in [9.17, 15) is 9.59 Å². The molecule has 136 valence electrons. The lowest BCUT2D eigenvalue weighted by molar-refractivity contribution is 0.0793. The predicted molar refractivity (Wildman–Crippen MR) is 94.1 cm³/mol. The minimum Gasteiger partial charge on any atom is -0.495 e. The molecule has 3 rings (SSSR count). The van der Waals surface area contributed by atoms with E-state index in [2.05, 4.69) is 10.6 Å². The van der Waals surface area contributed by atoms with Crippen LogP contribution in [0, 0.1) is 0 Å². The quantitative estimate of drug-likeness (QED) is 0.856. The molecule has 25 heavy (non-hydrogen) atoms. The Kier molecular flexibility index (Phi) is 5.75. The zero-order chi connectivity index (χ0) is 17.6. The summed E-state index contributed by atoms with van der Waals surface area (Å²) in [7, 11) is 1.53. The van der Waals surface area contributed by atoms with Gasteiger partial charge in [-0.1, -0.05) is 0 Å². The molecule has 2 aliphatic rings. The van der Waals surface area contributed by atoms with E-state index < -0.39 is 0 Å². The topological polar surface area (TPSA) is 79.9 Å². The highest BCUT2D eigenvalue weighted by atomic mass is 16.5. The summed E-state index contributed by atoms with van der Waals surface area (Å²) in [5.74, 6) is 0.508. The van der Waals surface area contributed by atoms with Gasteiger partial charge in [-0.15, -0.1) is 0 Å². The van der Waals surface area contributed by atoms with E-state index in [1.807, 2.05) is 4.90 Å². The van der Waals surface area contributed by atoms with Gasteiger partial charge in [-0.25, -0.2) is 4.79 Å². The Morgan fingerprint density at radius 1 is 1.28 bits per heavy atom. The lowest BCUT2D eigenvalue weighted by Crippen LogP contribution is -2.35. The van der Waals surface area contributed by atoms with Gasteiger partial charge in [0.25, 0.3) is 5.91 Å². The Bertz CT molecular complexity index is 623. The summed E-state index contributed by atoms with van der Waals surface area (Å²) in [6.07, 6.45) is 4.15. The molecule has 2 saturated heterocycles. The van der Waals surface area contributed by atoms with Crippen molar-refractivity contribution < 1.29 is 19.1 Å². The molecule has 7 heteroatoms. The molecule has 1 aromatic carbocycles. The molecule has 2 heterocycles. The van der Waals surface area contributed by atoms with Crippen LogP contribution in [-0.4, -0.2) is 56.3 Å². The van der Waals surface area contributed by atoms with Crippen molar-refractivity contribution in [3.05, 3.63) is 23.8 Å². The number of urea groups is 1. The predicted octanol–water partition coefficient (Wildman–Crippen LogP) is 2.23. The maximum atomic E-state index is 12.5. The van der Waals surface area contributed by atoms with Gasteiger partial charge in [0.05, 0.1) is 18.9 Å². The van der Waals surface area contributed by atoms with Crippen molar-refractivity contribution in [2.75, 3.05) is 38.7 Å². The first-order valence-electron chi connectivity index (χ1n) is 8.81. The van der Waals surface area contributed by atoms with Crippen LogP contribution in [0.25, 0.3) is 0 Å². The third kappa shape index (κ3) is 4.42. The van der Waals surface area contributed by atoms with Gasteiger partial charge in [0.2, 0.25) is 0 Å². The number of hydrogen-bond donors (Lipinski definition) is 2. The highest BCUT2D eigenvalue weighted by molar-refractivity contribution is 5.98. The number of rotatable bonds is 5. The Labute approximate surface area is 147 Å². The molecule has 2 aliphatic heterocycles. The summed E-state index contributed by atoms with van der Waals surface area (Å²) in [5, 5.41) is 5.57. The molecule has 0 spiro atoms. The van der Waals surface area contributed by atoms with Crippen LogP contribution < -0.4 is 15.4 Å². The minimum atomic E-state index is -0.334. The molecule has 1 atom stereocenters. The van der Waals surface area contributed by atoms with E-state index in [4.69, 9.17) is 9.47 Å². The normalized spacial score (nSPS) is 19.7. The molecule has 2 fully saturated rings. The Morgan fingerprint density at radius 2 is 2.08 bits per heavy atom. The van der Waals surface area contributed by atoms with Crippen LogP contribution in [0.5, 0.6) is 5.75 Å². The highest BCUT2D eigenvalue weighted by Crippen LogP contribution is 2.26. The number of nitrogens with one attached hydrogen (secondary N) is 2. The Morgan fingerprint density at radius 3 is 2.76 bits per heavy atom. The lowest BCUT2D eigenvalue weighted by Gasteiger charge is -2.17. The first-order chi connectivity index (χ1) is 12.2. The average molecular weight is 347 g/mol. The zero-order valence-corrected chi connectivity index (χ0v) is 14.5. The van der Waals surface area contributed by atoms with Gasteiger partial charge in [-0.05, 0) is 43.9 Å². The number of amides is 3. The van der Waals surface area contributed by atoms with Crippen molar-refractivity contribution in [2.45, 2.75) is 31.8 Å². The monoisotopic (exact) mass is 347 g/mol. The Balaban J connectivity index is 1.64. The molecule has 7 nitrogen and oxygen atoms in total. The number of likely N-dealkylation sites (tertiary alicyclic amines) is 1. The summed E-state index contributed by atoms with van der Waals surface area (Å²) in [6, 6.07) is 4.78. The second-order valence-corrected chi connectivity index (χ2v) is 6.38. The fourth-order valence-corrected chi connectivity index (χ4v) is 3.22. The van der Waals surface area contributed by atoms with Crippen LogP contribution in [0.2, 0.25) is 0 Å². The summed E-state index contributed by atoms with van der Waals surface area (Å²) in [5.41, 5.74) is 1.04. The second kappa shape index (κ2) is 8.20. The summed E-state index contributed by atoms with van der Waals surface area (Å²) in [4.78, 5) is 26.5. The van der Waals surface area contributed by atoms with Gasteiger partial charge in [0, 0.05) is 31.8 Å².